The molecule has 0 unspecified atom stereocenters. The fourth-order valence-electron chi connectivity index (χ4n) is 2.68. The molecule has 1 aromatic heterocycles. The van der Waals surface area contributed by atoms with E-state index in [-0.39, 0.29) is 5.41 Å². The molecule has 0 fully saturated rings. The van der Waals surface area contributed by atoms with Gasteiger partial charge in [0.05, 0.1) is 0 Å². The highest BCUT2D eigenvalue weighted by Crippen LogP contribution is 2.30. The van der Waals surface area contributed by atoms with Crippen LogP contribution in [0.15, 0.2) is 18.2 Å². The molecule has 0 saturated carbocycles. The zero-order valence-corrected chi connectivity index (χ0v) is 13.1. The fraction of sp³-hybridized carbons (Fsp3) is 0.529. The SMILES string of the molecule is CNCCc1c(C)n(C)c2ccc(C(C)(C)C)cc12. The Morgan fingerprint density at radius 2 is 1.89 bits per heavy atom. The first kappa shape index (κ1) is 14.1. The number of aryl methyl sites for hydroxylation is 1. The summed E-state index contributed by atoms with van der Waals surface area (Å²) in [5.41, 5.74) is 5.83. The zero-order chi connectivity index (χ0) is 14.2. The van der Waals surface area contributed by atoms with E-state index >= 15 is 0 Å². The molecule has 0 bridgehead atoms. The van der Waals surface area contributed by atoms with Crippen molar-refractivity contribution in [2.45, 2.75) is 39.5 Å². The molecule has 2 aromatic rings. The molecule has 19 heavy (non-hydrogen) atoms. The van der Waals surface area contributed by atoms with Crippen LogP contribution in [-0.4, -0.2) is 18.2 Å². The Morgan fingerprint density at radius 3 is 2.47 bits per heavy atom. The van der Waals surface area contributed by atoms with E-state index in [1.807, 2.05) is 7.05 Å². The molecule has 104 valence electrons. The first-order chi connectivity index (χ1) is 8.86. The Hall–Kier alpha value is -1.28. The van der Waals surface area contributed by atoms with Crippen LogP contribution >= 0.6 is 0 Å². The van der Waals surface area contributed by atoms with Gasteiger partial charge >= 0.3 is 0 Å². The predicted molar refractivity (Wildman–Crippen MR) is 84.0 cm³/mol. The molecule has 1 N–H and O–H groups in total. The van der Waals surface area contributed by atoms with Crippen molar-refractivity contribution in [3.05, 3.63) is 35.0 Å². The summed E-state index contributed by atoms with van der Waals surface area (Å²) in [7, 11) is 4.18. The van der Waals surface area contributed by atoms with Gasteiger partial charge in [-0.15, -0.1) is 0 Å². The molecule has 0 radical (unpaired) electrons. The van der Waals surface area contributed by atoms with Crippen LogP contribution in [0.5, 0.6) is 0 Å². The van der Waals surface area contributed by atoms with Crippen molar-refractivity contribution in [2.75, 3.05) is 13.6 Å². The minimum absolute atomic E-state index is 0.207. The maximum atomic E-state index is 3.25. The van der Waals surface area contributed by atoms with Gasteiger partial charge in [0.1, 0.15) is 0 Å². The van der Waals surface area contributed by atoms with Crippen LogP contribution in [0.3, 0.4) is 0 Å². The topological polar surface area (TPSA) is 17.0 Å². The van der Waals surface area contributed by atoms with Gasteiger partial charge in [-0.1, -0.05) is 26.8 Å². The van der Waals surface area contributed by atoms with Crippen molar-refractivity contribution in [3.63, 3.8) is 0 Å². The Balaban J connectivity index is 2.62. The van der Waals surface area contributed by atoms with Gasteiger partial charge in [0, 0.05) is 23.6 Å². The van der Waals surface area contributed by atoms with Crippen molar-refractivity contribution in [3.8, 4) is 0 Å². The van der Waals surface area contributed by atoms with Gasteiger partial charge in [-0.05, 0) is 55.6 Å². The highest BCUT2D eigenvalue weighted by molar-refractivity contribution is 5.86. The van der Waals surface area contributed by atoms with Crippen molar-refractivity contribution >= 4 is 10.9 Å². The van der Waals surface area contributed by atoms with Gasteiger partial charge in [0.25, 0.3) is 0 Å². The van der Waals surface area contributed by atoms with E-state index in [0.717, 1.165) is 13.0 Å². The van der Waals surface area contributed by atoms with Crippen LogP contribution in [0.1, 0.15) is 37.6 Å². The van der Waals surface area contributed by atoms with Crippen molar-refractivity contribution in [2.24, 2.45) is 7.05 Å². The lowest BCUT2D eigenvalue weighted by molar-refractivity contribution is 0.591. The van der Waals surface area contributed by atoms with E-state index in [1.54, 1.807) is 0 Å². The maximum Gasteiger partial charge on any atom is 0.0482 e. The minimum Gasteiger partial charge on any atom is -0.348 e. The van der Waals surface area contributed by atoms with E-state index in [0.29, 0.717) is 0 Å². The Labute approximate surface area is 116 Å². The lowest BCUT2D eigenvalue weighted by Crippen LogP contribution is -2.12. The summed E-state index contributed by atoms with van der Waals surface area (Å²) in [4.78, 5) is 0. The molecule has 0 aliphatic carbocycles. The van der Waals surface area contributed by atoms with Gasteiger partial charge in [-0.3, -0.25) is 0 Å². The van der Waals surface area contributed by atoms with Crippen LogP contribution in [-0.2, 0) is 18.9 Å². The van der Waals surface area contributed by atoms with Crippen LogP contribution in [0.2, 0.25) is 0 Å². The van der Waals surface area contributed by atoms with Gasteiger partial charge in [-0.25, -0.2) is 0 Å². The molecule has 0 amide bonds. The van der Waals surface area contributed by atoms with E-state index in [1.165, 1.54) is 27.7 Å². The molecule has 2 nitrogen and oxygen atoms in total. The van der Waals surface area contributed by atoms with Gasteiger partial charge in [0.15, 0.2) is 0 Å². The summed E-state index contributed by atoms with van der Waals surface area (Å²) in [6, 6.07) is 6.92. The van der Waals surface area contributed by atoms with Crippen molar-refractivity contribution < 1.29 is 0 Å². The predicted octanol–water partition coefficient (Wildman–Crippen LogP) is 3.55. The summed E-state index contributed by atoms with van der Waals surface area (Å²) in [6.45, 7) is 10.1. The standard InChI is InChI=1S/C17H26N2/c1-12-14(9-10-18-5)15-11-13(17(2,3)4)7-8-16(15)19(12)6/h7-8,11,18H,9-10H2,1-6H3. The average molecular weight is 258 g/mol. The Morgan fingerprint density at radius 1 is 1.21 bits per heavy atom. The third-order valence-electron chi connectivity index (χ3n) is 4.11. The molecule has 2 heteroatoms. The second-order valence-electron chi connectivity index (χ2n) is 6.46. The molecular formula is C17H26N2. The van der Waals surface area contributed by atoms with Crippen LogP contribution in [0.25, 0.3) is 10.9 Å². The number of hydrogen-bond acceptors (Lipinski definition) is 1. The normalized spacial score (nSPS) is 12.3. The highest BCUT2D eigenvalue weighted by atomic mass is 14.9. The number of hydrogen-bond donors (Lipinski definition) is 1. The monoisotopic (exact) mass is 258 g/mol. The fourth-order valence-corrected chi connectivity index (χ4v) is 2.68. The van der Waals surface area contributed by atoms with E-state index < -0.39 is 0 Å². The summed E-state index contributed by atoms with van der Waals surface area (Å²) in [6.07, 6.45) is 1.09. The molecule has 0 saturated heterocycles. The second-order valence-corrected chi connectivity index (χ2v) is 6.46. The number of nitrogens with one attached hydrogen (secondary N) is 1. The lowest BCUT2D eigenvalue weighted by atomic mass is 9.86. The number of nitrogens with zero attached hydrogens (tertiary/aromatic N) is 1. The van der Waals surface area contributed by atoms with E-state index in [2.05, 4.69) is 62.8 Å². The molecule has 0 atom stereocenters. The summed E-state index contributed by atoms with van der Waals surface area (Å²) in [5, 5.41) is 4.67. The second kappa shape index (κ2) is 5.01. The lowest BCUT2D eigenvalue weighted by Gasteiger charge is -2.19. The molecule has 1 heterocycles. The minimum atomic E-state index is 0.207. The maximum absolute atomic E-state index is 3.25. The van der Waals surface area contributed by atoms with Crippen molar-refractivity contribution in [1.29, 1.82) is 0 Å². The molecule has 1 aromatic carbocycles. The third kappa shape index (κ3) is 2.55. The summed E-state index contributed by atoms with van der Waals surface area (Å²) < 4.78 is 2.31. The molecule has 0 aliphatic rings. The Bertz CT molecular complexity index is 585. The Kier molecular flexibility index (Phi) is 3.73. The first-order valence-corrected chi connectivity index (χ1v) is 7.09. The first-order valence-electron chi connectivity index (χ1n) is 7.09. The van der Waals surface area contributed by atoms with Crippen LogP contribution < -0.4 is 5.32 Å². The number of likely N-dealkylation sites (N-methyl/N-ethyl adjacent to an activating group) is 1. The molecule has 2 rings (SSSR count). The van der Waals surface area contributed by atoms with E-state index in [4.69, 9.17) is 0 Å². The number of rotatable bonds is 3. The number of benzene rings is 1. The van der Waals surface area contributed by atoms with Gasteiger partial charge < -0.3 is 9.88 Å². The molecular weight excluding hydrogens is 232 g/mol. The average Bonchev–Trinajstić information content (AvgIpc) is 2.59. The van der Waals surface area contributed by atoms with Crippen LogP contribution in [0.4, 0.5) is 0 Å². The van der Waals surface area contributed by atoms with Gasteiger partial charge in [0.2, 0.25) is 0 Å². The van der Waals surface area contributed by atoms with Crippen LogP contribution in [0, 0.1) is 6.92 Å². The molecule has 0 spiro atoms. The summed E-state index contributed by atoms with van der Waals surface area (Å²) in [5.74, 6) is 0. The quantitative estimate of drug-likeness (QED) is 0.891. The third-order valence-corrected chi connectivity index (χ3v) is 4.11. The number of aromatic nitrogens is 1. The van der Waals surface area contributed by atoms with Crippen molar-refractivity contribution in [1.82, 2.24) is 9.88 Å². The zero-order valence-electron chi connectivity index (χ0n) is 13.1. The summed E-state index contributed by atoms with van der Waals surface area (Å²) >= 11 is 0. The highest BCUT2D eigenvalue weighted by Gasteiger charge is 2.17. The largest absolute Gasteiger partial charge is 0.348 e. The van der Waals surface area contributed by atoms with Gasteiger partial charge in [-0.2, -0.15) is 0 Å². The smallest absolute Gasteiger partial charge is 0.0482 e. The van der Waals surface area contributed by atoms with E-state index in [9.17, 15) is 0 Å². The number of fused-ring (bicyclic) bond motifs is 1. The molecule has 0 aliphatic heterocycles.